The van der Waals surface area contributed by atoms with Gasteiger partial charge in [0.1, 0.15) is 0 Å². The summed E-state index contributed by atoms with van der Waals surface area (Å²) in [5, 5.41) is 4.75. The molecule has 2 heterocycles. The lowest BCUT2D eigenvalue weighted by atomic mass is 9.99. The molecule has 2 aromatic carbocycles. The number of hydrazone groups is 1. The average molecular weight is 398 g/mol. The van der Waals surface area contributed by atoms with Crippen LogP contribution in [-0.4, -0.2) is 42.0 Å². The van der Waals surface area contributed by atoms with Crippen LogP contribution < -0.4 is 11.2 Å². The molecule has 0 radical (unpaired) electrons. The second-order valence-corrected chi connectivity index (χ2v) is 6.86. The third kappa shape index (κ3) is 3.37. The van der Waals surface area contributed by atoms with Crippen molar-refractivity contribution in [2.45, 2.75) is 6.54 Å². The third-order valence-corrected chi connectivity index (χ3v) is 4.54. The van der Waals surface area contributed by atoms with Gasteiger partial charge in [-0.2, -0.15) is 5.10 Å². The van der Waals surface area contributed by atoms with Gasteiger partial charge in [-0.3, -0.25) is 9.59 Å². The van der Waals surface area contributed by atoms with Crippen LogP contribution in [0.4, 0.5) is 0 Å². The van der Waals surface area contributed by atoms with Crippen molar-refractivity contribution < 1.29 is 9.59 Å². The SMILES string of the molecule is CN(C)Cc1cccc(-c2[nH]c3cc(C(N)=O)cc4c3c2C=NNC4=O)c1.Cl. The number of benzene rings is 2. The van der Waals surface area contributed by atoms with E-state index in [2.05, 4.69) is 32.5 Å². The van der Waals surface area contributed by atoms with Crippen LogP contribution in [0.25, 0.3) is 22.2 Å². The molecule has 4 rings (SSSR count). The molecule has 0 unspecified atom stereocenters. The van der Waals surface area contributed by atoms with Gasteiger partial charge in [-0.15, -0.1) is 12.4 Å². The van der Waals surface area contributed by atoms with E-state index in [0.717, 1.165) is 28.8 Å². The highest BCUT2D eigenvalue weighted by molar-refractivity contribution is 6.18. The predicted molar refractivity (Wildman–Crippen MR) is 112 cm³/mol. The topological polar surface area (TPSA) is 104 Å². The van der Waals surface area contributed by atoms with E-state index < -0.39 is 5.91 Å². The van der Waals surface area contributed by atoms with Crippen molar-refractivity contribution in [3.63, 3.8) is 0 Å². The Kier molecular flexibility index (Phi) is 5.22. The van der Waals surface area contributed by atoms with Crippen molar-refractivity contribution in [2.24, 2.45) is 10.8 Å². The lowest BCUT2D eigenvalue weighted by Crippen LogP contribution is -2.18. The highest BCUT2D eigenvalue weighted by atomic mass is 35.5. The number of carbonyl (C=O) groups is 2. The molecule has 1 aromatic heterocycles. The van der Waals surface area contributed by atoms with E-state index in [-0.39, 0.29) is 23.9 Å². The van der Waals surface area contributed by atoms with Crippen LogP contribution in [0.1, 0.15) is 31.8 Å². The Morgan fingerprint density at radius 2 is 2.00 bits per heavy atom. The molecule has 1 aliphatic rings. The number of nitrogens with zero attached hydrogens (tertiary/aromatic N) is 2. The van der Waals surface area contributed by atoms with Crippen LogP contribution in [0.2, 0.25) is 0 Å². The minimum atomic E-state index is -0.586. The fourth-order valence-corrected chi connectivity index (χ4v) is 3.44. The van der Waals surface area contributed by atoms with Gasteiger partial charge >= 0.3 is 0 Å². The zero-order valence-corrected chi connectivity index (χ0v) is 16.3. The van der Waals surface area contributed by atoms with Gasteiger partial charge in [-0.25, -0.2) is 5.43 Å². The minimum Gasteiger partial charge on any atom is -0.366 e. The maximum Gasteiger partial charge on any atom is 0.272 e. The number of hydrogen-bond donors (Lipinski definition) is 3. The van der Waals surface area contributed by atoms with Crippen LogP contribution in [0.5, 0.6) is 0 Å². The fourth-order valence-electron chi connectivity index (χ4n) is 3.44. The Hall–Kier alpha value is -3.16. The molecule has 0 saturated heterocycles. The molecule has 8 heteroatoms. The molecule has 0 saturated carbocycles. The van der Waals surface area contributed by atoms with E-state index in [1.807, 2.05) is 26.2 Å². The molecule has 144 valence electrons. The maximum absolute atomic E-state index is 12.4. The number of halogens is 1. The van der Waals surface area contributed by atoms with E-state index in [9.17, 15) is 9.59 Å². The first-order valence-corrected chi connectivity index (χ1v) is 8.51. The maximum atomic E-state index is 12.4. The molecule has 0 aliphatic carbocycles. The quantitative estimate of drug-likeness (QED) is 0.630. The second-order valence-electron chi connectivity index (χ2n) is 6.86. The van der Waals surface area contributed by atoms with Crippen LogP contribution in [0.3, 0.4) is 0 Å². The van der Waals surface area contributed by atoms with Gasteiger partial charge in [0, 0.05) is 28.6 Å². The molecule has 2 amide bonds. The number of nitrogens with two attached hydrogens (primary N) is 1. The van der Waals surface area contributed by atoms with Crippen molar-refractivity contribution in [3.05, 3.63) is 58.7 Å². The largest absolute Gasteiger partial charge is 0.366 e. The summed E-state index contributed by atoms with van der Waals surface area (Å²) in [6, 6.07) is 11.4. The summed E-state index contributed by atoms with van der Waals surface area (Å²) in [7, 11) is 4.04. The molecule has 0 spiro atoms. The summed E-state index contributed by atoms with van der Waals surface area (Å²) >= 11 is 0. The van der Waals surface area contributed by atoms with Gasteiger partial charge in [0.25, 0.3) is 5.91 Å². The zero-order valence-electron chi connectivity index (χ0n) is 15.4. The molecular weight excluding hydrogens is 378 g/mol. The first-order valence-electron chi connectivity index (χ1n) is 8.51. The molecule has 0 atom stereocenters. The van der Waals surface area contributed by atoms with Gasteiger partial charge in [0.2, 0.25) is 5.91 Å². The molecule has 4 N–H and O–H groups in total. The molecule has 28 heavy (non-hydrogen) atoms. The van der Waals surface area contributed by atoms with Crippen molar-refractivity contribution in [2.75, 3.05) is 14.1 Å². The van der Waals surface area contributed by atoms with Crippen molar-refractivity contribution in [1.82, 2.24) is 15.3 Å². The number of aromatic nitrogens is 1. The lowest BCUT2D eigenvalue weighted by Gasteiger charge is -2.10. The van der Waals surface area contributed by atoms with Crippen LogP contribution in [0, 0.1) is 0 Å². The molecule has 7 nitrogen and oxygen atoms in total. The van der Waals surface area contributed by atoms with Crippen LogP contribution in [0.15, 0.2) is 41.5 Å². The van der Waals surface area contributed by atoms with E-state index in [4.69, 9.17) is 5.73 Å². The number of nitrogens with one attached hydrogen (secondary N) is 2. The Labute approximate surface area is 168 Å². The predicted octanol–water partition coefficient (Wildman–Crippen LogP) is 2.49. The minimum absolute atomic E-state index is 0. The van der Waals surface area contributed by atoms with E-state index in [1.165, 1.54) is 11.6 Å². The average Bonchev–Trinajstić information content (AvgIpc) is 2.90. The number of carbonyl (C=O) groups excluding carboxylic acids is 2. The highest BCUT2D eigenvalue weighted by Gasteiger charge is 2.23. The fraction of sp³-hybridized carbons (Fsp3) is 0.150. The van der Waals surface area contributed by atoms with E-state index >= 15 is 0 Å². The van der Waals surface area contributed by atoms with Gasteiger partial charge in [-0.1, -0.05) is 18.2 Å². The van der Waals surface area contributed by atoms with Crippen molar-refractivity contribution in [1.29, 1.82) is 0 Å². The number of aromatic amines is 1. The highest BCUT2D eigenvalue weighted by Crippen LogP contribution is 2.33. The summed E-state index contributed by atoms with van der Waals surface area (Å²) in [6.07, 6.45) is 1.63. The number of primary amides is 1. The summed E-state index contributed by atoms with van der Waals surface area (Å²) in [5.41, 5.74) is 13.0. The number of rotatable bonds is 4. The summed E-state index contributed by atoms with van der Waals surface area (Å²) in [5.74, 6) is -0.957. The summed E-state index contributed by atoms with van der Waals surface area (Å²) in [6.45, 7) is 0.814. The van der Waals surface area contributed by atoms with Crippen molar-refractivity contribution >= 4 is 41.3 Å². The van der Waals surface area contributed by atoms with Gasteiger partial charge in [-0.05, 0) is 43.4 Å². The normalized spacial score (nSPS) is 12.6. The van der Waals surface area contributed by atoms with Crippen LogP contribution >= 0.6 is 12.4 Å². The molecule has 1 aliphatic heterocycles. The second kappa shape index (κ2) is 7.46. The smallest absolute Gasteiger partial charge is 0.272 e. The Bertz CT molecular complexity index is 1120. The first-order chi connectivity index (χ1) is 12.9. The number of H-pyrrole nitrogens is 1. The number of hydrogen-bond acceptors (Lipinski definition) is 4. The zero-order chi connectivity index (χ0) is 19.1. The molecule has 0 bridgehead atoms. The Morgan fingerprint density at radius 3 is 2.71 bits per heavy atom. The Balaban J connectivity index is 0.00000225. The lowest BCUT2D eigenvalue weighted by molar-refractivity contribution is 0.0957. The summed E-state index contributed by atoms with van der Waals surface area (Å²) < 4.78 is 0. The standard InChI is InChI=1S/C20H19N5O2.ClH/c1-25(2)10-11-4-3-5-12(6-11)18-15-9-22-24-20(27)14-7-13(19(21)26)8-16(23-18)17(14)15;/h3-9,23H,10H2,1-2H3,(H2,21,26)(H,24,27);1H. The first kappa shape index (κ1) is 19.6. The van der Waals surface area contributed by atoms with Gasteiger partial charge in [0.05, 0.1) is 17.5 Å². The van der Waals surface area contributed by atoms with Gasteiger partial charge in [0.15, 0.2) is 0 Å². The van der Waals surface area contributed by atoms with E-state index in [0.29, 0.717) is 11.1 Å². The molecule has 0 fully saturated rings. The third-order valence-electron chi connectivity index (χ3n) is 4.54. The van der Waals surface area contributed by atoms with E-state index in [1.54, 1.807) is 12.3 Å². The summed E-state index contributed by atoms with van der Waals surface area (Å²) in [4.78, 5) is 29.5. The molecular formula is C20H20ClN5O2. The Morgan fingerprint density at radius 1 is 1.21 bits per heavy atom. The monoisotopic (exact) mass is 397 g/mol. The van der Waals surface area contributed by atoms with Crippen LogP contribution in [-0.2, 0) is 6.54 Å². The molecule has 3 aromatic rings. The van der Waals surface area contributed by atoms with Gasteiger partial charge < -0.3 is 15.6 Å². The number of amides is 2. The van der Waals surface area contributed by atoms with Crippen molar-refractivity contribution in [3.8, 4) is 11.3 Å².